The van der Waals surface area contributed by atoms with Crippen LogP contribution in [0.3, 0.4) is 0 Å². The molecular weight excluding hydrogens is 478 g/mol. The lowest BCUT2D eigenvalue weighted by Crippen LogP contribution is -2.58. The van der Waals surface area contributed by atoms with Gasteiger partial charge in [0.05, 0.1) is 12.6 Å². The van der Waals surface area contributed by atoms with Gasteiger partial charge in [-0.15, -0.1) is 0 Å². The van der Waals surface area contributed by atoms with Crippen LogP contribution in [-0.2, 0) is 25.6 Å². The summed E-state index contributed by atoms with van der Waals surface area (Å²) in [6, 6.07) is 2.99. The summed E-state index contributed by atoms with van der Waals surface area (Å²) in [4.78, 5) is 53.7. The second-order valence-corrected chi connectivity index (χ2v) is 9.81. The molecule has 11 heteroatoms. The molecule has 1 aromatic heterocycles. The molecule has 0 spiro atoms. The summed E-state index contributed by atoms with van der Waals surface area (Å²) >= 11 is 0. The van der Waals surface area contributed by atoms with E-state index in [0.717, 1.165) is 16.5 Å². The second kappa shape index (κ2) is 13.8. The third kappa shape index (κ3) is 8.29. The number of aromatic amines is 1. The fourth-order valence-electron chi connectivity index (χ4n) is 3.94. The van der Waals surface area contributed by atoms with Gasteiger partial charge in [0.15, 0.2) is 0 Å². The van der Waals surface area contributed by atoms with Crippen molar-refractivity contribution in [3.8, 4) is 0 Å². The number of rotatable bonds is 14. The quantitative estimate of drug-likeness (QED) is 0.192. The molecular formula is C26H39N5O6. The van der Waals surface area contributed by atoms with Gasteiger partial charge in [-0.3, -0.25) is 14.4 Å². The minimum Gasteiger partial charge on any atom is -0.480 e. The molecule has 0 saturated carbocycles. The Morgan fingerprint density at radius 1 is 0.946 bits per heavy atom. The number of carbonyl (C=O) groups is 4. The fourth-order valence-corrected chi connectivity index (χ4v) is 3.94. The first-order valence-corrected chi connectivity index (χ1v) is 12.5. The van der Waals surface area contributed by atoms with E-state index < -0.39 is 54.5 Å². The van der Waals surface area contributed by atoms with Crippen molar-refractivity contribution in [2.45, 2.75) is 71.1 Å². The summed E-state index contributed by atoms with van der Waals surface area (Å²) in [7, 11) is 0. The number of carboxylic acid groups (broad SMARTS) is 1. The summed E-state index contributed by atoms with van der Waals surface area (Å²) in [5, 5.41) is 27.1. The molecule has 37 heavy (non-hydrogen) atoms. The normalized spacial score (nSPS) is 15.4. The summed E-state index contributed by atoms with van der Waals surface area (Å²) in [5.41, 5.74) is 7.62. The minimum atomic E-state index is -1.53. The maximum atomic E-state index is 13.4. The smallest absolute Gasteiger partial charge is 0.328 e. The molecule has 204 valence electrons. The number of para-hydroxylation sites is 1. The average molecular weight is 518 g/mol. The number of nitrogens with one attached hydrogen (secondary N) is 4. The Bertz CT molecular complexity index is 1080. The molecule has 3 amide bonds. The van der Waals surface area contributed by atoms with E-state index in [-0.39, 0.29) is 18.3 Å². The number of aliphatic hydroxyl groups excluding tert-OH is 1. The number of fused-ring (bicyclic) bond motifs is 1. The topological polar surface area (TPSA) is 187 Å². The van der Waals surface area contributed by atoms with E-state index in [9.17, 15) is 29.4 Å². The van der Waals surface area contributed by atoms with Crippen LogP contribution in [0.5, 0.6) is 0 Å². The third-order valence-electron chi connectivity index (χ3n) is 6.43. The number of aliphatic hydroxyl groups is 1. The van der Waals surface area contributed by atoms with Crippen molar-refractivity contribution in [2.24, 2.45) is 17.6 Å². The minimum absolute atomic E-state index is 0.0440. The number of hydrogen-bond donors (Lipinski definition) is 7. The number of H-pyrrole nitrogens is 1. The first-order chi connectivity index (χ1) is 17.5. The van der Waals surface area contributed by atoms with Crippen LogP contribution in [0.1, 0.15) is 46.1 Å². The Morgan fingerprint density at radius 2 is 1.54 bits per heavy atom. The molecule has 0 radical (unpaired) electrons. The average Bonchev–Trinajstić information content (AvgIpc) is 3.27. The van der Waals surface area contributed by atoms with Gasteiger partial charge in [-0.1, -0.05) is 52.3 Å². The van der Waals surface area contributed by atoms with Crippen LogP contribution >= 0.6 is 0 Å². The van der Waals surface area contributed by atoms with Gasteiger partial charge in [0.25, 0.3) is 0 Å². The van der Waals surface area contributed by atoms with Gasteiger partial charge in [-0.2, -0.15) is 0 Å². The molecule has 5 atom stereocenters. The molecule has 1 heterocycles. The van der Waals surface area contributed by atoms with E-state index in [2.05, 4.69) is 20.9 Å². The Balaban J connectivity index is 2.30. The van der Waals surface area contributed by atoms with Crippen LogP contribution in [0, 0.1) is 11.8 Å². The highest BCUT2D eigenvalue weighted by Crippen LogP contribution is 2.19. The van der Waals surface area contributed by atoms with Gasteiger partial charge in [0, 0.05) is 23.5 Å². The van der Waals surface area contributed by atoms with Crippen LogP contribution < -0.4 is 21.7 Å². The van der Waals surface area contributed by atoms with E-state index in [0.29, 0.717) is 12.8 Å². The molecule has 0 aliphatic heterocycles. The van der Waals surface area contributed by atoms with Crippen molar-refractivity contribution < 1.29 is 29.4 Å². The van der Waals surface area contributed by atoms with Crippen LogP contribution in [0.25, 0.3) is 10.9 Å². The number of carboxylic acids is 1. The third-order valence-corrected chi connectivity index (χ3v) is 6.43. The molecule has 0 aliphatic rings. The zero-order valence-corrected chi connectivity index (χ0v) is 21.8. The van der Waals surface area contributed by atoms with Crippen LogP contribution in [-0.4, -0.2) is 69.7 Å². The number of hydrogen-bond acceptors (Lipinski definition) is 6. The van der Waals surface area contributed by atoms with Crippen molar-refractivity contribution in [1.29, 1.82) is 0 Å². The van der Waals surface area contributed by atoms with Crippen molar-refractivity contribution in [1.82, 2.24) is 20.9 Å². The first kappa shape index (κ1) is 29.8. The molecule has 0 saturated heterocycles. The monoisotopic (exact) mass is 517 g/mol. The summed E-state index contributed by atoms with van der Waals surface area (Å²) < 4.78 is 0. The molecule has 0 bridgehead atoms. The molecule has 0 aliphatic carbocycles. The van der Waals surface area contributed by atoms with Crippen LogP contribution in [0.15, 0.2) is 30.5 Å². The largest absolute Gasteiger partial charge is 0.480 e. The van der Waals surface area contributed by atoms with Crippen molar-refractivity contribution in [3.05, 3.63) is 36.0 Å². The summed E-state index contributed by atoms with van der Waals surface area (Å²) in [5.74, 6) is -3.27. The molecule has 11 nitrogen and oxygen atoms in total. The number of nitrogens with two attached hydrogens (primary N) is 1. The highest BCUT2D eigenvalue weighted by molar-refractivity contribution is 5.95. The van der Waals surface area contributed by atoms with Crippen LogP contribution in [0.2, 0.25) is 0 Å². The SMILES string of the molecule is CCC(C)C(N)C(=O)NC(CC(C)C)C(=O)NC(Cc1c[nH]c2ccccc12)C(=O)NC(CO)C(=O)O. The highest BCUT2D eigenvalue weighted by atomic mass is 16.4. The lowest BCUT2D eigenvalue weighted by atomic mass is 9.97. The predicted octanol–water partition coefficient (Wildman–Crippen LogP) is 0.661. The first-order valence-electron chi connectivity index (χ1n) is 12.5. The molecule has 2 rings (SSSR count). The molecule has 8 N–H and O–H groups in total. The van der Waals surface area contributed by atoms with Crippen LogP contribution in [0.4, 0.5) is 0 Å². The van der Waals surface area contributed by atoms with Gasteiger partial charge in [-0.25, -0.2) is 4.79 Å². The Hall–Kier alpha value is -3.44. The second-order valence-electron chi connectivity index (χ2n) is 9.81. The van der Waals surface area contributed by atoms with Gasteiger partial charge in [0.1, 0.15) is 18.1 Å². The van der Waals surface area contributed by atoms with E-state index in [1.54, 1.807) is 6.20 Å². The number of amides is 3. The number of carbonyl (C=O) groups excluding carboxylic acids is 3. The summed E-state index contributed by atoms with van der Waals surface area (Å²) in [6.07, 6.45) is 2.77. The van der Waals surface area contributed by atoms with E-state index in [1.807, 2.05) is 52.0 Å². The van der Waals surface area contributed by atoms with Gasteiger partial charge in [0.2, 0.25) is 17.7 Å². The van der Waals surface area contributed by atoms with Gasteiger partial charge < -0.3 is 36.9 Å². The lowest BCUT2D eigenvalue weighted by Gasteiger charge is -2.26. The van der Waals surface area contributed by atoms with E-state index >= 15 is 0 Å². The van der Waals surface area contributed by atoms with E-state index in [4.69, 9.17) is 5.73 Å². The molecule has 2 aromatic rings. The molecule has 1 aromatic carbocycles. The Labute approximate surface area is 216 Å². The Morgan fingerprint density at radius 3 is 2.14 bits per heavy atom. The highest BCUT2D eigenvalue weighted by Gasteiger charge is 2.31. The number of aliphatic carboxylic acids is 1. The van der Waals surface area contributed by atoms with Crippen molar-refractivity contribution >= 4 is 34.6 Å². The van der Waals surface area contributed by atoms with Crippen molar-refractivity contribution in [2.75, 3.05) is 6.61 Å². The van der Waals surface area contributed by atoms with Crippen molar-refractivity contribution in [3.63, 3.8) is 0 Å². The number of benzene rings is 1. The maximum absolute atomic E-state index is 13.4. The Kier molecular flexibility index (Phi) is 11.1. The van der Waals surface area contributed by atoms with Gasteiger partial charge in [-0.05, 0) is 29.9 Å². The fraction of sp³-hybridized carbons (Fsp3) is 0.538. The standard InChI is InChI=1S/C26H39N5O6/c1-5-15(4)22(27)25(35)30-19(10-14(2)3)23(33)29-20(24(34)31-21(13-32)26(36)37)11-16-12-28-18-9-7-6-8-17(16)18/h6-9,12,14-15,19-22,28,32H,5,10-11,13,27H2,1-4H3,(H,29,33)(H,30,35)(H,31,34)(H,36,37). The summed E-state index contributed by atoms with van der Waals surface area (Å²) in [6.45, 7) is 6.75. The molecule has 0 fully saturated rings. The zero-order chi connectivity index (χ0) is 27.7. The van der Waals surface area contributed by atoms with Gasteiger partial charge >= 0.3 is 5.97 Å². The van der Waals surface area contributed by atoms with E-state index in [1.165, 1.54) is 0 Å². The number of aromatic nitrogens is 1. The molecule has 5 unspecified atom stereocenters. The maximum Gasteiger partial charge on any atom is 0.328 e. The lowest BCUT2D eigenvalue weighted by molar-refractivity contribution is -0.143. The predicted molar refractivity (Wildman–Crippen MR) is 139 cm³/mol. The zero-order valence-electron chi connectivity index (χ0n) is 21.8.